The third kappa shape index (κ3) is 6.91. The van der Waals surface area contributed by atoms with Crippen molar-refractivity contribution in [2.45, 2.75) is 86.3 Å². The molecule has 0 aromatic rings. The summed E-state index contributed by atoms with van der Waals surface area (Å²) in [6, 6.07) is 0. The summed E-state index contributed by atoms with van der Waals surface area (Å²) >= 11 is 0. The molecule has 8 nitrogen and oxygen atoms in total. The Balaban J connectivity index is 2.34. The van der Waals surface area contributed by atoms with Crippen molar-refractivity contribution in [1.82, 2.24) is 0 Å². The van der Waals surface area contributed by atoms with Crippen LogP contribution in [0.1, 0.15) is 55.4 Å². The van der Waals surface area contributed by atoms with Crippen molar-refractivity contribution in [1.29, 1.82) is 0 Å². The van der Waals surface area contributed by atoms with Crippen molar-refractivity contribution >= 4 is 0 Å². The van der Waals surface area contributed by atoms with E-state index in [-0.39, 0.29) is 49.1 Å². The monoisotopic (exact) mass is 490 g/mol. The molecule has 0 bridgehead atoms. The molecule has 0 aromatic heterocycles. The van der Waals surface area contributed by atoms with Gasteiger partial charge in [0.25, 0.3) is 0 Å². The lowest BCUT2D eigenvalue weighted by Gasteiger charge is -2.44. The smallest absolute Gasteiger partial charge is 0.184 e. The van der Waals surface area contributed by atoms with Gasteiger partial charge in [0.15, 0.2) is 12.6 Å². The highest BCUT2D eigenvalue weighted by molar-refractivity contribution is 5.04. The van der Waals surface area contributed by atoms with Gasteiger partial charge in [-0.15, -0.1) is 0 Å². The highest BCUT2D eigenvalue weighted by Crippen LogP contribution is 2.60. The Labute approximate surface area is 205 Å². The number of aliphatic hydroxyl groups excluding tert-OH is 5. The summed E-state index contributed by atoms with van der Waals surface area (Å²) in [5.41, 5.74) is 0.00642. The van der Waals surface area contributed by atoms with E-state index in [1.807, 2.05) is 6.92 Å². The molecule has 2 fully saturated rings. The van der Waals surface area contributed by atoms with Crippen LogP contribution in [-0.4, -0.2) is 82.9 Å². The molecule has 1 aliphatic heterocycles. The van der Waals surface area contributed by atoms with E-state index < -0.39 is 31.4 Å². The first kappa shape index (κ1) is 29.9. The van der Waals surface area contributed by atoms with Gasteiger partial charge in [-0.1, -0.05) is 55.4 Å². The Kier molecular flexibility index (Phi) is 10.8. The molecule has 2 aliphatic rings. The number of hydrogen-bond donors (Lipinski definition) is 5. The summed E-state index contributed by atoms with van der Waals surface area (Å²) in [7, 11) is 0. The number of epoxide rings is 1. The Morgan fingerprint density at radius 1 is 0.853 bits per heavy atom. The third-order valence-corrected chi connectivity index (χ3v) is 8.36. The maximum absolute atomic E-state index is 11.3. The van der Waals surface area contributed by atoms with Crippen LogP contribution in [0.4, 0.5) is 0 Å². The van der Waals surface area contributed by atoms with Gasteiger partial charge < -0.3 is 39.7 Å². The number of rotatable bonds is 13. The van der Waals surface area contributed by atoms with Crippen molar-refractivity contribution in [3.8, 4) is 0 Å². The minimum absolute atomic E-state index is 0.00642. The average Bonchev–Trinajstić information content (AvgIpc) is 3.49. The molecular formula is C26H50O8. The predicted molar refractivity (Wildman–Crippen MR) is 129 cm³/mol. The van der Waals surface area contributed by atoms with E-state index in [4.69, 9.17) is 19.3 Å². The standard InChI is InChI=1S/C26H50O8/c1-13(2)19-14(3)15(4)20(22(19)26(6,7)8)21(24(31)32-11-17(29)9-27)16(5)23-25(34-23)33-12-18(30)10-28/h13-25,27-31H,9-12H2,1-8H3. The zero-order valence-electron chi connectivity index (χ0n) is 22.3. The second-order valence-corrected chi connectivity index (χ2v) is 12.1. The average molecular weight is 491 g/mol. The molecule has 1 saturated carbocycles. The normalized spacial score (nSPS) is 36.4. The van der Waals surface area contributed by atoms with E-state index in [1.54, 1.807) is 0 Å². The molecular weight excluding hydrogens is 440 g/mol. The maximum Gasteiger partial charge on any atom is 0.184 e. The molecule has 0 spiro atoms. The first-order valence-corrected chi connectivity index (χ1v) is 12.9. The van der Waals surface area contributed by atoms with Crippen molar-refractivity contribution in [2.75, 3.05) is 26.4 Å². The fourth-order valence-corrected chi connectivity index (χ4v) is 6.65. The van der Waals surface area contributed by atoms with E-state index in [9.17, 15) is 20.4 Å². The van der Waals surface area contributed by atoms with Gasteiger partial charge in [0.2, 0.25) is 0 Å². The van der Waals surface area contributed by atoms with E-state index in [0.717, 1.165) is 0 Å². The molecule has 34 heavy (non-hydrogen) atoms. The third-order valence-electron chi connectivity index (χ3n) is 8.36. The molecule has 0 aromatic carbocycles. The van der Waals surface area contributed by atoms with Crippen molar-refractivity contribution in [2.24, 2.45) is 52.8 Å². The van der Waals surface area contributed by atoms with E-state index in [2.05, 4.69) is 48.5 Å². The first-order chi connectivity index (χ1) is 15.8. The molecule has 1 aliphatic carbocycles. The summed E-state index contributed by atoms with van der Waals surface area (Å²) in [6.45, 7) is 17.0. The van der Waals surface area contributed by atoms with Gasteiger partial charge in [-0.05, 0) is 46.8 Å². The van der Waals surface area contributed by atoms with Crippen LogP contribution >= 0.6 is 0 Å². The molecule has 1 saturated heterocycles. The Morgan fingerprint density at radius 2 is 1.38 bits per heavy atom. The van der Waals surface area contributed by atoms with Crippen LogP contribution in [0.2, 0.25) is 0 Å². The number of ether oxygens (including phenoxy) is 3. The van der Waals surface area contributed by atoms with Gasteiger partial charge in [0.1, 0.15) is 18.3 Å². The van der Waals surface area contributed by atoms with Crippen LogP contribution in [0.3, 0.4) is 0 Å². The minimum atomic E-state index is -1.14. The fourth-order valence-electron chi connectivity index (χ4n) is 6.65. The molecule has 8 heteroatoms. The van der Waals surface area contributed by atoms with Crippen molar-refractivity contribution in [3.05, 3.63) is 0 Å². The molecule has 12 atom stereocenters. The molecule has 5 N–H and O–H groups in total. The van der Waals surface area contributed by atoms with E-state index in [0.29, 0.717) is 29.6 Å². The minimum Gasteiger partial charge on any atom is -0.394 e. The zero-order chi connectivity index (χ0) is 26.0. The van der Waals surface area contributed by atoms with Crippen LogP contribution in [0.25, 0.3) is 0 Å². The lowest BCUT2D eigenvalue weighted by Crippen LogP contribution is -2.45. The summed E-state index contributed by atoms with van der Waals surface area (Å²) in [5, 5.41) is 49.0. The Bertz CT molecular complexity index is 608. The molecule has 0 amide bonds. The summed E-state index contributed by atoms with van der Waals surface area (Å²) < 4.78 is 17.2. The first-order valence-electron chi connectivity index (χ1n) is 12.9. The summed E-state index contributed by atoms with van der Waals surface area (Å²) in [4.78, 5) is 0. The van der Waals surface area contributed by atoms with Gasteiger partial charge in [-0.25, -0.2) is 0 Å². The Hall–Kier alpha value is -0.320. The summed E-state index contributed by atoms with van der Waals surface area (Å²) in [6.07, 6.45) is -3.92. The molecule has 2 rings (SSSR count). The number of aliphatic hydroxyl groups is 5. The van der Waals surface area contributed by atoms with Crippen LogP contribution in [-0.2, 0) is 14.2 Å². The van der Waals surface area contributed by atoms with Gasteiger partial charge >= 0.3 is 0 Å². The van der Waals surface area contributed by atoms with E-state index in [1.165, 1.54) is 0 Å². The topological polar surface area (TPSA) is 132 Å². The van der Waals surface area contributed by atoms with Crippen LogP contribution in [0, 0.1) is 52.8 Å². The highest BCUT2D eigenvalue weighted by Gasteiger charge is 2.59. The quantitative estimate of drug-likeness (QED) is 0.195. The van der Waals surface area contributed by atoms with Crippen LogP contribution in [0.15, 0.2) is 0 Å². The maximum atomic E-state index is 11.3. The lowest BCUT2D eigenvalue weighted by atomic mass is 9.62. The van der Waals surface area contributed by atoms with Gasteiger partial charge in [-0.3, -0.25) is 0 Å². The highest BCUT2D eigenvalue weighted by atomic mass is 16.8. The predicted octanol–water partition coefficient (Wildman–Crippen LogP) is 1.86. The van der Waals surface area contributed by atoms with Gasteiger partial charge in [0, 0.05) is 5.92 Å². The number of hydrogen-bond acceptors (Lipinski definition) is 8. The van der Waals surface area contributed by atoms with Crippen molar-refractivity contribution in [3.63, 3.8) is 0 Å². The van der Waals surface area contributed by atoms with E-state index >= 15 is 0 Å². The molecule has 0 radical (unpaired) electrons. The van der Waals surface area contributed by atoms with Gasteiger partial charge in [0.05, 0.1) is 26.4 Å². The SMILES string of the molecule is CC(C)C1C(C)C(C)C(C(C(O)OCC(O)CO)C(C)C2OC2OCC(O)CO)C1C(C)(C)C. The second-order valence-electron chi connectivity index (χ2n) is 12.1. The van der Waals surface area contributed by atoms with Crippen molar-refractivity contribution < 1.29 is 39.7 Å². The Morgan fingerprint density at radius 3 is 1.88 bits per heavy atom. The van der Waals surface area contributed by atoms with Crippen LogP contribution < -0.4 is 0 Å². The molecule has 202 valence electrons. The fraction of sp³-hybridized carbons (Fsp3) is 1.00. The molecule has 1 heterocycles. The van der Waals surface area contributed by atoms with Gasteiger partial charge in [-0.2, -0.15) is 0 Å². The summed E-state index contributed by atoms with van der Waals surface area (Å²) in [5.74, 6) is 1.85. The largest absolute Gasteiger partial charge is 0.394 e. The lowest BCUT2D eigenvalue weighted by molar-refractivity contribution is -0.187. The zero-order valence-corrected chi connectivity index (χ0v) is 22.3. The van der Waals surface area contributed by atoms with Crippen LogP contribution in [0.5, 0.6) is 0 Å². The second kappa shape index (κ2) is 12.3. The molecule has 12 unspecified atom stereocenters.